The molecule has 0 saturated carbocycles. The minimum absolute atomic E-state index is 0.0922. The first-order chi connectivity index (χ1) is 16.5. The first-order valence-electron chi connectivity index (χ1n) is 12.8. The van der Waals surface area contributed by atoms with Crippen molar-refractivity contribution in [2.45, 2.75) is 103 Å². The summed E-state index contributed by atoms with van der Waals surface area (Å²) in [5.41, 5.74) is 3.45. The average molecular weight is 531 g/mol. The van der Waals surface area contributed by atoms with Crippen molar-refractivity contribution in [3.63, 3.8) is 0 Å². The standard InChI is InChI=1S/C27H46N4O3Si2/c1-26(2,3)36(8,9)34-20-24-15-11-14-23(31-24)19-29-25(32)28-18-22-13-10-12-21(30-22)16-17-27(4,5)35(6,7)33/h10-15,33H,16-20H2,1-9H3,(H2,28,29,32). The number of nitrogens with zero attached hydrogens (tertiary/aromatic N) is 2. The molecule has 3 N–H and O–H groups in total. The molecule has 0 atom stereocenters. The van der Waals surface area contributed by atoms with Crippen LogP contribution in [0.25, 0.3) is 0 Å². The number of nitrogens with one attached hydrogen (secondary N) is 2. The highest BCUT2D eigenvalue weighted by atomic mass is 28.4. The summed E-state index contributed by atoms with van der Waals surface area (Å²) in [7, 11) is -4.09. The molecular weight excluding hydrogens is 484 g/mol. The Balaban J connectivity index is 1.83. The summed E-state index contributed by atoms with van der Waals surface area (Å²) in [6.45, 7) is 20.5. The van der Waals surface area contributed by atoms with E-state index >= 15 is 0 Å². The maximum absolute atomic E-state index is 12.4. The molecule has 0 radical (unpaired) electrons. The van der Waals surface area contributed by atoms with Gasteiger partial charge in [-0.25, -0.2) is 4.79 Å². The van der Waals surface area contributed by atoms with Crippen molar-refractivity contribution >= 4 is 22.7 Å². The molecule has 2 aromatic heterocycles. The van der Waals surface area contributed by atoms with Crippen LogP contribution in [0.2, 0.25) is 36.3 Å². The lowest BCUT2D eigenvalue weighted by atomic mass is 10.0. The van der Waals surface area contributed by atoms with E-state index in [1.165, 1.54) is 0 Å². The Labute approximate surface area is 219 Å². The van der Waals surface area contributed by atoms with Crippen LogP contribution in [-0.2, 0) is 30.5 Å². The van der Waals surface area contributed by atoms with E-state index in [1.54, 1.807) is 0 Å². The van der Waals surface area contributed by atoms with Crippen molar-refractivity contribution in [1.29, 1.82) is 0 Å². The third-order valence-corrected chi connectivity index (χ3v) is 15.7. The zero-order valence-electron chi connectivity index (χ0n) is 23.7. The van der Waals surface area contributed by atoms with Crippen molar-refractivity contribution in [1.82, 2.24) is 20.6 Å². The maximum Gasteiger partial charge on any atom is 0.315 e. The predicted molar refractivity (Wildman–Crippen MR) is 152 cm³/mol. The summed E-state index contributed by atoms with van der Waals surface area (Å²) in [5.74, 6) is 0. The number of carbonyl (C=O) groups is 1. The molecule has 0 aliphatic heterocycles. The normalized spacial score (nSPS) is 12.9. The number of aromatic nitrogens is 2. The van der Waals surface area contributed by atoms with Crippen LogP contribution >= 0.6 is 0 Å². The molecule has 9 heteroatoms. The summed E-state index contributed by atoms with van der Waals surface area (Å²) in [6.07, 6.45) is 1.67. The second-order valence-corrected chi connectivity index (χ2v) is 21.5. The van der Waals surface area contributed by atoms with Gasteiger partial charge in [0.25, 0.3) is 0 Å². The van der Waals surface area contributed by atoms with E-state index in [4.69, 9.17) is 4.43 Å². The summed E-state index contributed by atoms with van der Waals surface area (Å²) < 4.78 is 6.27. The first-order valence-corrected chi connectivity index (χ1v) is 18.6. The number of urea groups is 1. The lowest BCUT2D eigenvalue weighted by Crippen LogP contribution is -2.40. The fourth-order valence-corrected chi connectivity index (χ4v) is 4.78. The molecule has 0 aliphatic carbocycles. The van der Waals surface area contributed by atoms with E-state index in [0.29, 0.717) is 19.7 Å². The topological polar surface area (TPSA) is 96.4 Å². The molecule has 7 nitrogen and oxygen atoms in total. The van der Waals surface area contributed by atoms with Gasteiger partial charge in [-0.1, -0.05) is 46.8 Å². The Kier molecular flexibility index (Phi) is 10.0. The molecule has 2 amide bonds. The van der Waals surface area contributed by atoms with Gasteiger partial charge in [-0.3, -0.25) is 9.97 Å². The van der Waals surface area contributed by atoms with E-state index in [2.05, 4.69) is 68.3 Å². The van der Waals surface area contributed by atoms with Gasteiger partial charge in [0.15, 0.2) is 16.6 Å². The highest BCUT2D eigenvalue weighted by Crippen LogP contribution is 2.39. The molecule has 36 heavy (non-hydrogen) atoms. The second-order valence-electron chi connectivity index (χ2n) is 12.3. The van der Waals surface area contributed by atoms with Gasteiger partial charge in [0.2, 0.25) is 0 Å². The lowest BCUT2D eigenvalue weighted by Gasteiger charge is -2.36. The highest BCUT2D eigenvalue weighted by molar-refractivity contribution is 6.74. The van der Waals surface area contributed by atoms with E-state index in [0.717, 1.165) is 35.6 Å². The third-order valence-electron chi connectivity index (χ3n) is 7.64. The van der Waals surface area contributed by atoms with E-state index in [9.17, 15) is 9.59 Å². The Morgan fingerprint density at radius 1 is 0.861 bits per heavy atom. The molecule has 0 bridgehead atoms. The fourth-order valence-electron chi connectivity index (χ4n) is 3.10. The van der Waals surface area contributed by atoms with E-state index < -0.39 is 16.6 Å². The van der Waals surface area contributed by atoms with E-state index in [-0.39, 0.29) is 16.1 Å². The third kappa shape index (κ3) is 9.10. The van der Waals surface area contributed by atoms with Crippen LogP contribution < -0.4 is 10.6 Å². The summed E-state index contributed by atoms with van der Waals surface area (Å²) in [5, 5.41) is 5.80. The molecule has 2 rings (SSSR count). The predicted octanol–water partition coefficient (Wildman–Crippen LogP) is 5.91. The molecule has 0 spiro atoms. The Bertz CT molecular complexity index is 935. The molecule has 2 heterocycles. The van der Waals surface area contributed by atoms with Crippen LogP contribution in [0.5, 0.6) is 0 Å². The van der Waals surface area contributed by atoms with Crippen LogP contribution in [0.15, 0.2) is 36.4 Å². The van der Waals surface area contributed by atoms with Crippen LogP contribution in [-0.4, -0.2) is 37.4 Å². The SMILES string of the molecule is CC(C)(CCc1cccc(CNC(=O)NCc2cccc(CO[Si](C)(C)C(C)(C)C)n2)n1)[Si](C)(C)O. The maximum atomic E-state index is 12.4. The second kappa shape index (κ2) is 12.0. The van der Waals surface area contributed by atoms with Crippen molar-refractivity contribution in [2.75, 3.05) is 0 Å². The summed E-state index contributed by atoms with van der Waals surface area (Å²) >= 11 is 0. The number of hydrogen-bond donors (Lipinski definition) is 3. The number of pyridine rings is 2. The van der Waals surface area contributed by atoms with Gasteiger partial charge in [-0.15, -0.1) is 0 Å². The van der Waals surface area contributed by atoms with Crippen molar-refractivity contribution < 1.29 is 14.0 Å². The van der Waals surface area contributed by atoms with Crippen molar-refractivity contribution in [3.05, 3.63) is 59.2 Å². The molecule has 200 valence electrons. The molecule has 2 aromatic rings. The molecule has 0 aliphatic rings. The van der Waals surface area contributed by atoms with Crippen LogP contribution in [0.3, 0.4) is 0 Å². The molecule has 0 aromatic carbocycles. The summed E-state index contributed by atoms with van der Waals surface area (Å²) in [4.78, 5) is 32.2. The van der Waals surface area contributed by atoms with Gasteiger partial charge in [0.05, 0.1) is 36.8 Å². The lowest BCUT2D eigenvalue weighted by molar-refractivity contribution is 0.240. The monoisotopic (exact) mass is 530 g/mol. The Morgan fingerprint density at radius 3 is 1.83 bits per heavy atom. The quantitative estimate of drug-likeness (QED) is 0.314. The van der Waals surface area contributed by atoms with Gasteiger partial charge in [-0.05, 0) is 73.4 Å². The number of hydrogen-bond acceptors (Lipinski definition) is 5. The zero-order valence-corrected chi connectivity index (χ0v) is 25.7. The first kappa shape index (κ1) is 30.1. The van der Waals surface area contributed by atoms with Gasteiger partial charge in [0.1, 0.15) is 0 Å². The van der Waals surface area contributed by atoms with Crippen molar-refractivity contribution in [3.8, 4) is 0 Å². The molecule has 0 fully saturated rings. The number of amides is 2. The van der Waals surface area contributed by atoms with Crippen LogP contribution in [0.4, 0.5) is 4.79 Å². The van der Waals surface area contributed by atoms with Crippen LogP contribution in [0, 0.1) is 0 Å². The minimum Gasteiger partial charge on any atom is -0.432 e. The van der Waals surface area contributed by atoms with Gasteiger partial charge in [0, 0.05) is 5.69 Å². The van der Waals surface area contributed by atoms with Gasteiger partial charge in [-0.2, -0.15) is 0 Å². The fraction of sp³-hybridized carbons (Fsp3) is 0.593. The minimum atomic E-state index is -2.25. The highest BCUT2D eigenvalue weighted by Gasteiger charge is 2.38. The summed E-state index contributed by atoms with van der Waals surface area (Å²) in [6, 6.07) is 11.4. The number of aryl methyl sites for hydroxylation is 1. The van der Waals surface area contributed by atoms with Gasteiger partial charge >= 0.3 is 6.03 Å². The van der Waals surface area contributed by atoms with E-state index in [1.807, 2.05) is 49.5 Å². The molecule has 0 saturated heterocycles. The van der Waals surface area contributed by atoms with Crippen LogP contribution in [0.1, 0.15) is 63.8 Å². The Hall–Kier alpha value is -2.08. The Morgan fingerprint density at radius 2 is 1.33 bits per heavy atom. The smallest absolute Gasteiger partial charge is 0.315 e. The molecular formula is C27H46N4O3Si2. The number of rotatable bonds is 11. The largest absolute Gasteiger partial charge is 0.432 e. The zero-order chi connectivity index (χ0) is 27.2. The van der Waals surface area contributed by atoms with Gasteiger partial charge < -0.3 is 19.9 Å². The average Bonchev–Trinajstić information content (AvgIpc) is 2.78. The van der Waals surface area contributed by atoms with Crippen molar-refractivity contribution in [2.24, 2.45) is 0 Å². The molecule has 0 unspecified atom stereocenters. The number of carbonyl (C=O) groups excluding carboxylic acids is 1.